The molecular formula is C4H5F3O2. The number of ether oxygens (including phenoxy) is 1. The molecule has 1 atom stereocenters. The monoisotopic (exact) mass is 142 g/mol. The van der Waals surface area contributed by atoms with Crippen molar-refractivity contribution in [1.82, 2.24) is 0 Å². The number of hydrogen-bond acceptors (Lipinski definition) is 2. The van der Waals surface area contributed by atoms with Gasteiger partial charge in [0.2, 0.25) is 0 Å². The van der Waals surface area contributed by atoms with E-state index >= 15 is 0 Å². The fourth-order valence-electron chi connectivity index (χ4n) is 0.234. The molecule has 0 aliphatic heterocycles. The topological polar surface area (TPSA) is 26.3 Å². The highest BCUT2D eigenvalue weighted by atomic mass is 19.3. The maximum atomic E-state index is 11.4. The fraction of sp³-hybridized carbons (Fsp3) is 0.750. The Bertz CT molecular complexity index is 85.9. The second kappa shape index (κ2) is 4.17. The van der Waals surface area contributed by atoms with Gasteiger partial charge >= 0.3 is 0 Å². The summed E-state index contributed by atoms with van der Waals surface area (Å²) in [5, 5.41) is 0. The van der Waals surface area contributed by atoms with E-state index in [1.807, 2.05) is 0 Å². The number of alkyl halides is 3. The summed E-state index contributed by atoms with van der Waals surface area (Å²) >= 11 is 0. The number of hydrogen-bond donors (Lipinski definition) is 0. The van der Waals surface area contributed by atoms with Crippen molar-refractivity contribution in [2.75, 3.05) is 6.67 Å². The van der Waals surface area contributed by atoms with E-state index in [1.54, 1.807) is 0 Å². The van der Waals surface area contributed by atoms with Gasteiger partial charge in [0, 0.05) is 0 Å². The lowest BCUT2D eigenvalue weighted by atomic mass is 10.4. The highest BCUT2D eigenvalue weighted by molar-refractivity contribution is 5.37. The molecule has 0 N–H and O–H groups in total. The molecule has 0 aromatic heterocycles. The summed E-state index contributed by atoms with van der Waals surface area (Å²) in [5.41, 5.74) is 0. The van der Waals surface area contributed by atoms with Crippen LogP contribution in [0.5, 0.6) is 0 Å². The van der Waals surface area contributed by atoms with Gasteiger partial charge in [0.25, 0.3) is 12.9 Å². The third-order valence-corrected chi connectivity index (χ3v) is 0.663. The molecule has 0 saturated heterocycles. The first-order valence-corrected chi connectivity index (χ1v) is 2.15. The average Bonchev–Trinajstić information content (AvgIpc) is 1.82. The zero-order valence-electron chi connectivity index (χ0n) is 4.39. The van der Waals surface area contributed by atoms with Crippen molar-refractivity contribution in [3.8, 4) is 0 Å². The Morgan fingerprint density at radius 3 is 2.22 bits per heavy atom. The number of carbonyl (C=O) groups excluding carboxylic acids is 1. The normalized spacial score (nSPS) is 13.3. The first kappa shape index (κ1) is 8.26. The first-order chi connectivity index (χ1) is 4.22. The van der Waals surface area contributed by atoms with Crippen LogP contribution in [0.2, 0.25) is 0 Å². The highest BCUT2D eigenvalue weighted by Crippen LogP contribution is 2.04. The zero-order chi connectivity index (χ0) is 7.28. The Morgan fingerprint density at radius 1 is 1.56 bits per heavy atom. The minimum Gasteiger partial charge on any atom is -0.456 e. The fourth-order valence-corrected chi connectivity index (χ4v) is 0.234. The zero-order valence-corrected chi connectivity index (χ0v) is 4.39. The summed E-state index contributed by atoms with van der Waals surface area (Å²) in [5.74, 6) is 0. The molecule has 0 fully saturated rings. The second-order valence-electron chi connectivity index (χ2n) is 1.26. The molecular weight excluding hydrogens is 137 g/mol. The van der Waals surface area contributed by atoms with Gasteiger partial charge in [-0.2, -0.15) is 0 Å². The van der Waals surface area contributed by atoms with Gasteiger partial charge in [0.1, 0.15) is 6.67 Å². The van der Waals surface area contributed by atoms with Crippen molar-refractivity contribution in [3.63, 3.8) is 0 Å². The molecule has 0 rings (SSSR count). The predicted octanol–water partition coefficient (Wildman–Crippen LogP) is 0.763. The molecule has 0 radical (unpaired) electrons. The molecule has 0 heterocycles. The van der Waals surface area contributed by atoms with Crippen LogP contribution in [0.25, 0.3) is 0 Å². The minimum absolute atomic E-state index is 0.198. The van der Waals surface area contributed by atoms with Crippen LogP contribution in [0.3, 0.4) is 0 Å². The van der Waals surface area contributed by atoms with E-state index in [2.05, 4.69) is 4.74 Å². The maximum absolute atomic E-state index is 11.4. The predicted molar refractivity (Wildman–Crippen MR) is 22.9 cm³/mol. The first-order valence-electron chi connectivity index (χ1n) is 2.15. The molecule has 0 aliphatic carbocycles. The SMILES string of the molecule is O=COC(CF)C(F)F. The molecule has 0 spiro atoms. The van der Waals surface area contributed by atoms with Crippen LogP contribution in [0.4, 0.5) is 13.2 Å². The van der Waals surface area contributed by atoms with Gasteiger partial charge in [-0.05, 0) is 0 Å². The Hall–Kier alpha value is -0.740. The molecule has 0 bridgehead atoms. The second-order valence-corrected chi connectivity index (χ2v) is 1.26. The van der Waals surface area contributed by atoms with Crippen LogP contribution in [0, 0.1) is 0 Å². The summed E-state index contributed by atoms with van der Waals surface area (Å²) in [6, 6.07) is 0. The molecule has 0 aliphatic rings. The number of rotatable bonds is 4. The van der Waals surface area contributed by atoms with E-state index in [9.17, 15) is 18.0 Å². The largest absolute Gasteiger partial charge is 0.456 e. The summed E-state index contributed by atoms with van der Waals surface area (Å²) < 4.78 is 37.7. The number of halogens is 3. The van der Waals surface area contributed by atoms with Crippen molar-refractivity contribution in [2.24, 2.45) is 0 Å². The van der Waals surface area contributed by atoms with E-state index in [-0.39, 0.29) is 6.47 Å². The smallest absolute Gasteiger partial charge is 0.293 e. The third-order valence-electron chi connectivity index (χ3n) is 0.663. The van der Waals surface area contributed by atoms with E-state index in [0.29, 0.717) is 0 Å². The van der Waals surface area contributed by atoms with Gasteiger partial charge in [0.15, 0.2) is 6.10 Å². The van der Waals surface area contributed by atoms with Crippen LogP contribution < -0.4 is 0 Å². The van der Waals surface area contributed by atoms with Crippen molar-refractivity contribution >= 4 is 6.47 Å². The molecule has 2 nitrogen and oxygen atoms in total. The third kappa shape index (κ3) is 2.94. The summed E-state index contributed by atoms with van der Waals surface area (Å²) in [4.78, 5) is 9.36. The lowest BCUT2D eigenvalue weighted by molar-refractivity contribution is -0.142. The van der Waals surface area contributed by atoms with E-state index < -0.39 is 19.2 Å². The van der Waals surface area contributed by atoms with Gasteiger partial charge in [-0.15, -0.1) is 0 Å². The molecule has 0 aromatic rings. The molecule has 0 saturated carbocycles. The molecule has 0 amide bonds. The van der Waals surface area contributed by atoms with Crippen LogP contribution in [-0.4, -0.2) is 25.7 Å². The molecule has 1 unspecified atom stereocenters. The van der Waals surface area contributed by atoms with Gasteiger partial charge in [-0.3, -0.25) is 4.79 Å². The van der Waals surface area contributed by atoms with Gasteiger partial charge < -0.3 is 4.74 Å². The van der Waals surface area contributed by atoms with Crippen molar-refractivity contribution in [3.05, 3.63) is 0 Å². The van der Waals surface area contributed by atoms with Crippen LogP contribution >= 0.6 is 0 Å². The highest BCUT2D eigenvalue weighted by Gasteiger charge is 2.20. The summed E-state index contributed by atoms with van der Waals surface area (Å²) in [6.07, 6.45) is -4.84. The summed E-state index contributed by atoms with van der Waals surface area (Å²) in [6.45, 7) is -1.55. The summed E-state index contributed by atoms with van der Waals surface area (Å²) in [7, 11) is 0. The number of carbonyl (C=O) groups is 1. The Balaban J connectivity index is 3.53. The Morgan fingerprint density at radius 2 is 2.11 bits per heavy atom. The Kier molecular flexibility index (Phi) is 3.83. The lowest BCUT2D eigenvalue weighted by Gasteiger charge is -2.07. The van der Waals surface area contributed by atoms with E-state index in [0.717, 1.165) is 0 Å². The van der Waals surface area contributed by atoms with Crippen LogP contribution in [0.15, 0.2) is 0 Å². The van der Waals surface area contributed by atoms with E-state index in [1.165, 1.54) is 0 Å². The van der Waals surface area contributed by atoms with Gasteiger partial charge in [0.05, 0.1) is 0 Å². The van der Waals surface area contributed by atoms with E-state index in [4.69, 9.17) is 0 Å². The molecule has 5 heteroatoms. The van der Waals surface area contributed by atoms with Crippen molar-refractivity contribution < 1.29 is 22.7 Å². The van der Waals surface area contributed by atoms with Gasteiger partial charge in [-0.25, -0.2) is 13.2 Å². The van der Waals surface area contributed by atoms with Crippen molar-refractivity contribution in [2.45, 2.75) is 12.5 Å². The molecule has 0 aromatic carbocycles. The molecule has 54 valence electrons. The molecule has 9 heavy (non-hydrogen) atoms. The standard InChI is InChI=1S/C4H5F3O2/c5-1-3(4(6)7)9-2-8/h2-4H,1H2. The lowest BCUT2D eigenvalue weighted by Crippen LogP contribution is -2.23. The average molecular weight is 142 g/mol. The van der Waals surface area contributed by atoms with Crippen LogP contribution in [-0.2, 0) is 9.53 Å². The van der Waals surface area contributed by atoms with Crippen molar-refractivity contribution in [1.29, 1.82) is 0 Å². The van der Waals surface area contributed by atoms with Crippen LogP contribution in [0.1, 0.15) is 0 Å². The minimum atomic E-state index is -2.94. The maximum Gasteiger partial charge on any atom is 0.293 e. The quantitative estimate of drug-likeness (QED) is 0.541. The Labute approximate surface area is 49.6 Å². The van der Waals surface area contributed by atoms with Gasteiger partial charge in [-0.1, -0.05) is 0 Å².